The van der Waals surface area contributed by atoms with E-state index in [1.165, 1.54) is 5.19 Å². The molecule has 0 bridgehead atoms. The normalized spacial score (nSPS) is 11.3. The topological polar surface area (TPSA) is 35.5 Å². The van der Waals surface area contributed by atoms with Crippen LogP contribution in [0.2, 0.25) is 19.6 Å². The summed E-state index contributed by atoms with van der Waals surface area (Å²) in [7, 11) is -1.31. The summed E-state index contributed by atoms with van der Waals surface area (Å²) < 4.78 is 0. The summed E-state index contributed by atoms with van der Waals surface area (Å²) in [4.78, 5) is 21.2. The van der Waals surface area contributed by atoms with Crippen LogP contribution in [0.4, 0.5) is 0 Å². The van der Waals surface area contributed by atoms with Gasteiger partial charge in [-0.2, -0.15) is 4.89 Å². The van der Waals surface area contributed by atoms with Crippen molar-refractivity contribution in [3.05, 3.63) is 29.8 Å². The molecular formula is C14H22O3Si. The van der Waals surface area contributed by atoms with Gasteiger partial charge in [0.25, 0.3) is 0 Å². The first-order valence-electron chi connectivity index (χ1n) is 6.39. The highest BCUT2D eigenvalue weighted by atomic mass is 28.3. The largest absolute Gasteiger partial charge is 0.373 e. The zero-order valence-corrected chi connectivity index (χ0v) is 12.7. The van der Waals surface area contributed by atoms with E-state index in [1.54, 1.807) is 12.1 Å². The van der Waals surface area contributed by atoms with Crippen LogP contribution >= 0.6 is 0 Å². The Labute approximate surface area is 110 Å². The van der Waals surface area contributed by atoms with Gasteiger partial charge in [-0.3, -0.25) is 4.89 Å². The lowest BCUT2D eigenvalue weighted by molar-refractivity contribution is -0.241. The van der Waals surface area contributed by atoms with Crippen molar-refractivity contribution in [1.82, 2.24) is 0 Å². The van der Waals surface area contributed by atoms with Gasteiger partial charge in [0.15, 0.2) is 0 Å². The first kappa shape index (κ1) is 14.9. The quantitative estimate of drug-likeness (QED) is 0.343. The highest BCUT2D eigenvalue weighted by Crippen LogP contribution is 2.06. The summed E-state index contributed by atoms with van der Waals surface area (Å²) >= 11 is 0. The zero-order valence-electron chi connectivity index (χ0n) is 11.7. The van der Waals surface area contributed by atoms with Gasteiger partial charge in [-0.1, -0.05) is 50.3 Å². The summed E-state index contributed by atoms with van der Waals surface area (Å²) in [5.41, 5.74) is 0.536. The molecule has 4 heteroatoms. The van der Waals surface area contributed by atoms with Crippen molar-refractivity contribution in [2.75, 3.05) is 6.61 Å². The van der Waals surface area contributed by atoms with E-state index in [2.05, 4.69) is 26.6 Å². The minimum atomic E-state index is -1.31. The van der Waals surface area contributed by atoms with Crippen LogP contribution in [0.15, 0.2) is 24.3 Å². The molecule has 0 saturated heterocycles. The molecule has 1 aromatic rings. The van der Waals surface area contributed by atoms with Gasteiger partial charge in [-0.25, -0.2) is 4.79 Å². The van der Waals surface area contributed by atoms with Crippen LogP contribution in [-0.2, 0) is 9.78 Å². The van der Waals surface area contributed by atoms with Crippen molar-refractivity contribution in [2.45, 2.75) is 39.4 Å². The highest BCUT2D eigenvalue weighted by Gasteiger charge is 2.17. The van der Waals surface area contributed by atoms with Gasteiger partial charge in [0.05, 0.1) is 20.2 Å². The number of benzene rings is 1. The van der Waals surface area contributed by atoms with Crippen LogP contribution in [0.3, 0.4) is 0 Å². The minimum absolute atomic E-state index is 0.423. The molecule has 0 N–H and O–H groups in total. The average molecular weight is 266 g/mol. The number of hydrogen-bond acceptors (Lipinski definition) is 3. The lowest BCUT2D eigenvalue weighted by atomic mass is 10.2. The number of carbonyl (C=O) groups excluding carboxylic acids is 1. The van der Waals surface area contributed by atoms with E-state index in [1.807, 2.05) is 12.1 Å². The van der Waals surface area contributed by atoms with Crippen LogP contribution < -0.4 is 5.19 Å². The van der Waals surface area contributed by atoms with Gasteiger partial charge in [-0.15, -0.1) is 0 Å². The summed E-state index contributed by atoms with van der Waals surface area (Å²) in [5.74, 6) is -0.423. The van der Waals surface area contributed by atoms with Crippen molar-refractivity contribution in [3.63, 3.8) is 0 Å². The van der Waals surface area contributed by atoms with Gasteiger partial charge >= 0.3 is 5.97 Å². The second-order valence-corrected chi connectivity index (χ2v) is 10.5. The highest BCUT2D eigenvalue weighted by molar-refractivity contribution is 6.88. The van der Waals surface area contributed by atoms with Gasteiger partial charge in [-0.05, 0) is 18.6 Å². The Morgan fingerprint density at radius 1 is 1.17 bits per heavy atom. The smallest absolute Gasteiger partial charge is 0.293 e. The third-order valence-electron chi connectivity index (χ3n) is 2.70. The van der Waals surface area contributed by atoms with Gasteiger partial charge < -0.3 is 0 Å². The van der Waals surface area contributed by atoms with Gasteiger partial charge in [0.2, 0.25) is 0 Å². The number of carbonyl (C=O) groups is 1. The third kappa shape index (κ3) is 4.62. The molecule has 0 heterocycles. The fourth-order valence-corrected chi connectivity index (χ4v) is 2.62. The van der Waals surface area contributed by atoms with E-state index in [0.717, 1.165) is 12.8 Å². The third-order valence-corrected chi connectivity index (χ3v) is 4.77. The molecule has 3 nitrogen and oxygen atoms in total. The Balaban J connectivity index is 2.54. The van der Waals surface area contributed by atoms with Crippen molar-refractivity contribution < 1.29 is 14.6 Å². The summed E-state index contributed by atoms with van der Waals surface area (Å²) in [5, 5.41) is 1.32. The van der Waals surface area contributed by atoms with Crippen molar-refractivity contribution in [3.8, 4) is 0 Å². The molecule has 18 heavy (non-hydrogen) atoms. The molecule has 0 atom stereocenters. The van der Waals surface area contributed by atoms with Crippen LogP contribution in [0, 0.1) is 0 Å². The van der Waals surface area contributed by atoms with E-state index in [4.69, 9.17) is 9.78 Å². The molecule has 1 rings (SSSR count). The predicted molar refractivity (Wildman–Crippen MR) is 75.7 cm³/mol. The molecule has 1 aromatic carbocycles. The minimum Gasteiger partial charge on any atom is -0.293 e. The van der Waals surface area contributed by atoms with E-state index in [-0.39, 0.29) is 0 Å². The fraction of sp³-hybridized carbons (Fsp3) is 0.500. The number of hydrogen-bond donors (Lipinski definition) is 0. The Morgan fingerprint density at radius 2 is 1.78 bits per heavy atom. The van der Waals surface area contributed by atoms with E-state index < -0.39 is 14.0 Å². The average Bonchev–Trinajstić information content (AvgIpc) is 2.33. The standard InChI is InChI=1S/C14H22O3Si/c1-5-6-11-16-17-14(15)12-7-9-13(10-8-12)18(2,3)4/h7-10H,5-6,11H2,1-4H3. The Bertz CT molecular complexity index is 379. The van der Waals surface area contributed by atoms with Gasteiger partial charge in [0, 0.05) is 0 Å². The lowest BCUT2D eigenvalue weighted by Crippen LogP contribution is -2.37. The maximum atomic E-state index is 11.6. The van der Waals surface area contributed by atoms with Crippen LogP contribution in [0.25, 0.3) is 0 Å². The first-order chi connectivity index (χ1) is 8.45. The Morgan fingerprint density at radius 3 is 2.28 bits per heavy atom. The molecule has 0 unspecified atom stereocenters. The second kappa shape index (κ2) is 6.71. The molecule has 0 amide bonds. The molecule has 0 radical (unpaired) electrons. The van der Waals surface area contributed by atoms with Crippen LogP contribution in [-0.4, -0.2) is 20.7 Å². The van der Waals surface area contributed by atoms with Crippen molar-refractivity contribution in [2.24, 2.45) is 0 Å². The summed E-state index contributed by atoms with van der Waals surface area (Å²) in [6, 6.07) is 7.63. The second-order valence-electron chi connectivity index (χ2n) is 5.37. The monoisotopic (exact) mass is 266 g/mol. The molecule has 0 saturated carbocycles. The zero-order chi connectivity index (χ0) is 13.6. The molecule has 0 aromatic heterocycles. The summed E-state index contributed by atoms with van der Waals surface area (Å²) in [6.07, 6.45) is 1.91. The van der Waals surface area contributed by atoms with E-state index >= 15 is 0 Å². The van der Waals surface area contributed by atoms with Crippen molar-refractivity contribution in [1.29, 1.82) is 0 Å². The maximum absolute atomic E-state index is 11.6. The predicted octanol–water partition coefficient (Wildman–Crippen LogP) is 3.12. The SMILES string of the molecule is CCCCOOC(=O)c1ccc([Si](C)(C)C)cc1. The molecule has 0 spiro atoms. The molecule has 0 aliphatic heterocycles. The molecule has 0 fully saturated rings. The number of unbranched alkanes of at least 4 members (excludes halogenated alkanes) is 1. The molecule has 0 aliphatic rings. The van der Waals surface area contributed by atoms with E-state index in [9.17, 15) is 4.79 Å². The lowest BCUT2D eigenvalue weighted by Gasteiger charge is -2.16. The van der Waals surface area contributed by atoms with Crippen LogP contribution in [0.1, 0.15) is 30.1 Å². The molecular weight excluding hydrogens is 244 g/mol. The Kier molecular flexibility index (Phi) is 5.56. The molecule has 0 aliphatic carbocycles. The van der Waals surface area contributed by atoms with Gasteiger partial charge in [0.1, 0.15) is 0 Å². The van der Waals surface area contributed by atoms with Crippen molar-refractivity contribution >= 4 is 19.2 Å². The summed E-state index contributed by atoms with van der Waals surface area (Å²) in [6.45, 7) is 9.33. The van der Waals surface area contributed by atoms with Crippen LogP contribution in [0.5, 0.6) is 0 Å². The first-order valence-corrected chi connectivity index (χ1v) is 9.89. The fourth-order valence-electron chi connectivity index (χ4n) is 1.45. The maximum Gasteiger partial charge on any atom is 0.373 e. The number of rotatable bonds is 6. The Hall–Kier alpha value is -1.13. The van der Waals surface area contributed by atoms with E-state index in [0.29, 0.717) is 12.2 Å². The molecule has 100 valence electrons.